The van der Waals surface area contributed by atoms with Crippen LogP contribution in [0.5, 0.6) is 0 Å². The lowest BCUT2D eigenvalue weighted by atomic mass is 9.96. The van der Waals surface area contributed by atoms with Crippen molar-refractivity contribution >= 4 is 5.57 Å². The van der Waals surface area contributed by atoms with Crippen molar-refractivity contribution in [2.24, 2.45) is 0 Å². The average molecular weight is 352 g/mol. The van der Waals surface area contributed by atoms with Crippen molar-refractivity contribution in [1.82, 2.24) is 0 Å². The van der Waals surface area contributed by atoms with E-state index in [0.29, 0.717) is 18.4 Å². The highest BCUT2D eigenvalue weighted by molar-refractivity contribution is 5.65. The molecule has 0 spiro atoms. The number of alkyl halides is 6. The third-order valence-corrected chi connectivity index (χ3v) is 3.83. The Hall–Kier alpha value is -1.46. The first-order chi connectivity index (χ1) is 11.1. The quantitative estimate of drug-likeness (QED) is 0.336. The van der Waals surface area contributed by atoms with Gasteiger partial charge in [-0.2, -0.15) is 26.3 Å². The highest BCUT2D eigenvalue weighted by Gasteiger charge is 2.36. The van der Waals surface area contributed by atoms with Gasteiger partial charge in [0.05, 0.1) is 11.1 Å². The van der Waals surface area contributed by atoms with Crippen LogP contribution < -0.4 is 0 Å². The molecule has 0 heterocycles. The molecule has 0 unspecified atom stereocenters. The van der Waals surface area contributed by atoms with Crippen LogP contribution >= 0.6 is 0 Å². The molecule has 0 saturated carbocycles. The van der Waals surface area contributed by atoms with Gasteiger partial charge in [-0.25, -0.2) is 0 Å². The molecule has 6 heteroatoms. The summed E-state index contributed by atoms with van der Waals surface area (Å²) in [4.78, 5) is 0. The highest BCUT2D eigenvalue weighted by Crippen LogP contribution is 2.38. The third kappa shape index (κ3) is 6.57. The lowest BCUT2D eigenvalue weighted by Crippen LogP contribution is -2.11. The molecule has 0 aromatic heterocycles. The van der Waals surface area contributed by atoms with Gasteiger partial charge in [0.15, 0.2) is 0 Å². The van der Waals surface area contributed by atoms with Gasteiger partial charge in [0.25, 0.3) is 0 Å². The maximum atomic E-state index is 12.8. The number of hydrogen-bond acceptors (Lipinski definition) is 0. The van der Waals surface area contributed by atoms with E-state index in [2.05, 4.69) is 13.5 Å². The number of rotatable bonds is 8. The van der Waals surface area contributed by atoms with E-state index in [4.69, 9.17) is 0 Å². The van der Waals surface area contributed by atoms with Crippen LogP contribution in [0, 0.1) is 0 Å². The molecule has 0 radical (unpaired) electrons. The van der Waals surface area contributed by atoms with E-state index in [-0.39, 0.29) is 11.6 Å². The zero-order valence-electron chi connectivity index (χ0n) is 13.7. The molecule has 1 aromatic rings. The predicted molar refractivity (Wildman–Crippen MR) is 83.5 cm³/mol. The van der Waals surface area contributed by atoms with E-state index >= 15 is 0 Å². The van der Waals surface area contributed by atoms with Crippen LogP contribution in [0.15, 0.2) is 24.8 Å². The van der Waals surface area contributed by atoms with Crippen LogP contribution in [-0.2, 0) is 12.4 Å². The summed E-state index contributed by atoms with van der Waals surface area (Å²) >= 11 is 0. The molecule has 0 atom stereocenters. The van der Waals surface area contributed by atoms with Crippen molar-refractivity contribution < 1.29 is 26.3 Å². The molecular formula is C18H22F6. The SMILES string of the molecule is C=C(CCCCCCCC)c1cc(C(F)(F)F)cc(C(F)(F)F)c1. The Kier molecular flexibility index (Phi) is 7.36. The van der Waals surface area contributed by atoms with Gasteiger partial charge in [-0.3, -0.25) is 0 Å². The largest absolute Gasteiger partial charge is 0.416 e. The summed E-state index contributed by atoms with van der Waals surface area (Å²) in [6, 6.07) is 1.63. The Labute approximate surface area is 138 Å². The monoisotopic (exact) mass is 352 g/mol. The van der Waals surface area contributed by atoms with Gasteiger partial charge in [0.2, 0.25) is 0 Å². The molecule has 24 heavy (non-hydrogen) atoms. The summed E-state index contributed by atoms with van der Waals surface area (Å²) in [5, 5.41) is 0. The first kappa shape index (κ1) is 20.6. The molecule has 0 aliphatic carbocycles. The fourth-order valence-corrected chi connectivity index (χ4v) is 2.42. The van der Waals surface area contributed by atoms with Crippen LogP contribution in [0.1, 0.15) is 68.6 Å². The zero-order chi connectivity index (χ0) is 18.4. The Morgan fingerprint density at radius 3 is 1.71 bits per heavy atom. The molecule has 1 aromatic carbocycles. The number of hydrogen-bond donors (Lipinski definition) is 0. The molecule has 0 amide bonds. The standard InChI is InChI=1S/C18H22F6/c1-3-4-5-6-7-8-9-13(2)14-10-15(17(19,20)21)12-16(11-14)18(22,23)24/h10-12H,2-9H2,1H3. The Morgan fingerprint density at radius 2 is 1.25 bits per heavy atom. The molecule has 0 saturated heterocycles. The van der Waals surface area contributed by atoms with Crippen molar-refractivity contribution in [2.45, 2.75) is 64.2 Å². The third-order valence-electron chi connectivity index (χ3n) is 3.83. The van der Waals surface area contributed by atoms with Gasteiger partial charge in [0.1, 0.15) is 0 Å². The lowest BCUT2D eigenvalue weighted by Gasteiger charge is -2.15. The predicted octanol–water partition coefficient (Wildman–Crippen LogP) is 7.49. The van der Waals surface area contributed by atoms with E-state index in [9.17, 15) is 26.3 Å². The fraction of sp³-hybridized carbons (Fsp3) is 0.556. The molecule has 0 N–H and O–H groups in total. The van der Waals surface area contributed by atoms with Crippen molar-refractivity contribution in [2.75, 3.05) is 0 Å². The normalized spacial score (nSPS) is 12.5. The molecule has 1 rings (SSSR count). The summed E-state index contributed by atoms with van der Waals surface area (Å²) < 4.78 is 77.0. The maximum absolute atomic E-state index is 12.8. The molecule has 0 nitrogen and oxygen atoms in total. The van der Waals surface area contributed by atoms with E-state index in [1.54, 1.807) is 0 Å². The summed E-state index contributed by atoms with van der Waals surface area (Å²) in [6.45, 7) is 5.76. The minimum Gasteiger partial charge on any atom is -0.166 e. The maximum Gasteiger partial charge on any atom is 0.416 e. The molecule has 0 fully saturated rings. The zero-order valence-corrected chi connectivity index (χ0v) is 13.7. The van der Waals surface area contributed by atoms with Gasteiger partial charge < -0.3 is 0 Å². The first-order valence-electron chi connectivity index (χ1n) is 8.03. The van der Waals surface area contributed by atoms with Gasteiger partial charge in [-0.15, -0.1) is 0 Å². The molecule has 0 aliphatic rings. The highest BCUT2D eigenvalue weighted by atomic mass is 19.4. The Bertz CT molecular complexity index is 507. The van der Waals surface area contributed by atoms with Crippen LogP contribution in [-0.4, -0.2) is 0 Å². The van der Waals surface area contributed by atoms with Gasteiger partial charge in [0, 0.05) is 0 Å². The van der Waals surface area contributed by atoms with Crippen LogP contribution in [0.25, 0.3) is 5.57 Å². The molecule has 0 bridgehead atoms. The van der Waals surface area contributed by atoms with Crippen molar-refractivity contribution in [3.05, 3.63) is 41.5 Å². The first-order valence-corrected chi connectivity index (χ1v) is 8.03. The number of unbranched alkanes of at least 4 members (excludes halogenated alkanes) is 5. The van der Waals surface area contributed by atoms with E-state index < -0.39 is 23.5 Å². The van der Waals surface area contributed by atoms with Crippen molar-refractivity contribution in [3.8, 4) is 0 Å². The number of halogens is 6. The van der Waals surface area contributed by atoms with Gasteiger partial charge >= 0.3 is 12.4 Å². The summed E-state index contributed by atoms with van der Waals surface area (Å²) in [5.74, 6) is 0. The topological polar surface area (TPSA) is 0 Å². The van der Waals surface area contributed by atoms with E-state index in [1.807, 2.05) is 0 Å². The van der Waals surface area contributed by atoms with Crippen molar-refractivity contribution in [1.29, 1.82) is 0 Å². The fourth-order valence-electron chi connectivity index (χ4n) is 2.42. The second-order valence-corrected chi connectivity index (χ2v) is 5.92. The van der Waals surface area contributed by atoms with Crippen LogP contribution in [0.4, 0.5) is 26.3 Å². The lowest BCUT2D eigenvalue weighted by molar-refractivity contribution is -0.143. The number of allylic oxidation sites excluding steroid dienone is 1. The van der Waals surface area contributed by atoms with Crippen molar-refractivity contribution in [3.63, 3.8) is 0 Å². The Morgan fingerprint density at radius 1 is 0.792 bits per heavy atom. The molecule has 136 valence electrons. The summed E-state index contributed by atoms with van der Waals surface area (Å²) in [7, 11) is 0. The summed E-state index contributed by atoms with van der Waals surface area (Å²) in [6.07, 6.45) is -3.31. The minimum absolute atomic E-state index is 0.0919. The minimum atomic E-state index is -4.82. The van der Waals surface area contributed by atoms with Gasteiger partial charge in [-0.1, -0.05) is 45.6 Å². The van der Waals surface area contributed by atoms with Crippen LogP contribution in [0.2, 0.25) is 0 Å². The van der Waals surface area contributed by atoms with Gasteiger partial charge in [-0.05, 0) is 42.2 Å². The molecule has 0 aliphatic heterocycles. The van der Waals surface area contributed by atoms with Crippen LogP contribution in [0.3, 0.4) is 0 Å². The molecular weight excluding hydrogens is 330 g/mol. The average Bonchev–Trinajstić information content (AvgIpc) is 2.48. The second kappa shape index (κ2) is 8.58. The van der Waals surface area contributed by atoms with E-state index in [0.717, 1.165) is 44.2 Å². The second-order valence-electron chi connectivity index (χ2n) is 5.92. The van der Waals surface area contributed by atoms with E-state index in [1.165, 1.54) is 0 Å². The number of benzene rings is 1. The summed E-state index contributed by atoms with van der Waals surface area (Å²) in [5.41, 5.74) is -2.37. The Balaban J connectivity index is 2.84. The smallest absolute Gasteiger partial charge is 0.166 e.